The van der Waals surface area contributed by atoms with Gasteiger partial charge in [-0.25, -0.2) is 0 Å². The number of ether oxygens (including phenoxy) is 1. The average molecular weight is 289 g/mol. The van der Waals surface area contributed by atoms with Crippen LogP contribution in [0.3, 0.4) is 0 Å². The molecule has 1 fully saturated rings. The predicted octanol–water partition coefficient (Wildman–Crippen LogP) is 3.46. The molecule has 0 unspecified atom stereocenters. The van der Waals surface area contributed by atoms with E-state index in [1.165, 1.54) is 5.56 Å². The zero-order valence-corrected chi connectivity index (χ0v) is 13.3. The monoisotopic (exact) mass is 289 g/mol. The van der Waals surface area contributed by atoms with Crippen LogP contribution in [-0.4, -0.2) is 37.1 Å². The van der Waals surface area contributed by atoms with Crippen LogP contribution in [0.25, 0.3) is 0 Å². The lowest BCUT2D eigenvalue weighted by atomic mass is 9.95. The molecule has 0 aliphatic carbocycles. The van der Waals surface area contributed by atoms with Crippen molar-refractivity contribution in [3.8, 4) is 0 Å². The van der Waals surface area contributed by atoms with Crippen LogP contribution in [0.5, 0.6) is 0 Å². The van der Waals surface area contributed by atoms with Gasteiger partial charge in [0.2, 0.25) is 0 Å². The van der Waals surface area contributed by atoms with Gasteiger partial charge in [-0.2, -0.15) is 0 Å². The molecule has 0 bridgehead atoms. The van der Waals surface area contributed by atoms with Gasteiger partial charge in [-0.05, 0) is 50.8 Å². The summed E-state index contributed by atoms with van der Waals surface area (Å²) < 4.78 is 5.16. The molecule has 21 heavy (non-hydrogen) atoms. The van der Waals surface area contributed by atoms with Gasteiger partial charge < -0.3 is 9.64 Å². The van der Waals surface area contributed by atoms with E-state index in [1.54, 1.807) is 0 Å². The highest BCUT2D eigenvalue weighted by molar-refractivity contribution is 5.72. The Morgan fingerprint density at radius 1 is 1.38 bits per heavy atom. The van der Waals surface area contributed by atoms with Crippen LogP contribution in [-0.2, 0) is 9.53 Å². The van der Waals surface area contributed by atoms with Gasteiger partial charge in [-0.3, -0.25) is 4.79 Å². The first kappa shape index (κ1) is 16.0. The van der Waals surface area contributed by atoms with Crippen LogP contribution in [0.4, 0.5) is 0 Å². The molecule has 1 aromatic rings. The minimum Gasteiger partial charge on any atom is -0.466 e. The standard InChI is InChI=1S/C18H27NO2/c1-3-21-18(20)17-10-7-12-19(14-17)13-11-15(2)16-8-5-4-6-9-16/h4-6,8-9,15,17H,3,7,10-14H2,1-2H3/t15-,17+/m0/s1. The summed E-state index contributed by atoms with van der Waals surface area (Å²) in [6.45, 7) is 7.67. The quantitative estimate of drug-likeness (QED) is 0.751. The minimum atomic E-state index is -0.0155. The molecule has 1 aromatic carbocycles. The largest absolute Gasteiger partial charge is 0.466 e. The van der Waals surface area contributed by atoms with Crippen LogP contribution >= 0.6 is 0 Å². The van der Waals surface area contributed by atoms with Crippen molar-refractivity contribution in [2.45, 2.75) is 39.0 Å². The number of piperidine rings is 1. The molecule has 2 atom stereocenters. The van der Waals surface area contributed by atoms with Crippen molar-refractivity contribution >= 4 is 5.97 Å². The normalized spacial score (nSPS) is 21.0. The zero-order valence-electron chi connectivity index (χ0n) is 13.3. The van der Waals surface area contributed by atoms with Crippen molar-refractivity contribution < 1.29 is 9.53 Å². The van der Waals surface area contributed by atoms with Gasteiger partial charge in [0.25, 0.3) is 0 Å². The third kappa shape index (κ3) is 4.85. The lowest BCUT2D eigenvalue weighted by Gasteiger charge is -2.32. The highest BCUT2D eigenvalue weighted by Crippen LogP contribution is 2.22. The fraction of sp³-hybridized carbons (Fsp3) is 0.611. The second-order valence-electron chi connectivity index (χ2n) is 5.99. The second kappa shape index (κ2) is 8.18. The van der Waals surface area contributed by atoms with Crippen LogP contribution in [0.2, 0.25) is 0 Å². The molecule has 1 aliphatic rings. The van der Waals surface area contributed by atoms with Crippen molar-refractivity contribution in [2.24, 2.45) is 5.92 Å². The summed E-state index contributed by atoms with van der Waals surface area (Å²) >= 11 is 0. The van der Waals surface area contributed by atoms with Crippen molar-refractivity contribution in [1.29, 1.82) is 0 Å². The number of rotatable bonds is 6. The molecule has 3 nitrogen and oxygen atoms in total. The number of hydrogen-bond acceptors (Lipinski definition) is 3. The highest BCUT2D eigenvalue weighted by Gasteiger charge is 2.26. The summed E-state index contributed by atoms with van der Waals surface area (Å²) in [6.07, 6.45) is 3.21. The molecule has 0 amide bonds. The Labute approximate surface area is 128 Å². The Kier molecular flexibility index (Phi) is 6.24. The van der Waals surface area contributed by atoms with Gasteiger partial charge in [0.1, 0.15) is 0 Å². The Bertz CT molecular complexity index is 432. The lowest BCUT2D eigenvalue weighted by molar-refractivity contribution is -0.149. The van der Waals surface area contributed by atoms with Crippen LogP contribution < -0.4 is 0 Å². The Morgan fingerprint density at radius 2 is 2.14 bits per heavy atom. The topological polar surface area (TPSA) is 29.5 Å². The third-order valence-electron chi connectivity index (χ3n) is 4.37. The van der Waals surface area contributed by atoms with Gasteiger partial charge in [-0.15, -0.1) is 0 Å². The number of nitrogens with zero attached hydrogens (tertiary/aromatic N) is 1. The smallest absolute Gasteiger partial charge is 0.310 e. The first-order valence-electron chi connectivity index (χ1n) is 8.14. The Hall–Kier alpha value is -1.35. The molecule has 3 heteroatoms. The number of hydrogen-bond donors (Lipinski definition) is 0. The van der Waals surface area contributed by atoms with Gasteiger partial charge in [0.15, 0.2) is 0 Å². The fourth-order valence-corrected chi connectivity index (χ4v) is 3.04. The molecule has 116 valence electrons. The maximum absolute atomic E-state index is 11.9. The summed E-state index contributed by atoms with van der Waals surface area (Å²) in [7, 11) is 0. The highest BCUT2D eigenvalue weighted by atomic mass is 16.5. The molecule has 0 aromatic heterocycles. The predicted molar refractivity (Wildman–Crippen MR) is 85.3 cm³/mol. The van der Waals surface area contributed by atoms with Gasteiger partial charge in [0, 0.05) is 6.54 Å². The summed E-state index contributed by atoms with van der Waals surface area (Å²) in [5.74, 6) is 0.623. The number of carbonyl (C=O) groups is 1. The molecule has 0 radical (unpaired) electrons. The maximum atomic E-state index is 11.9. The first-order chi connectivity index (χ1) is 10.2. The molecular weight excluding hydrogens is 262 g/mol. The Balaban J connectivity index is 1.79. The fourth-order valence-electron chi connectivity index (χ4n) is 3.04. The summed E-state index contributed by atoms with van der Waals surface area (Å²) in [6, 6.07) is 10.7. The minimum absolute atomic E-state index is 0.0155. The van der Waals surface area contributed by atoms with Crippen molar-refractivity contribution in [2.75, 3.05) is 26.2 Å². The lowest BCUT2D eigenvalue weighted by Crippen LogP contribution is -2.40. The van der Waals surface area contributed by atoms with E-state index >= 15 is 0 Å². The summed E-state index contributed by atoms with van der Waals surface area (Å²) in [4.78, 5) is 14.3. The molecule has 1 saturated heterocycles. The molecular formula is C18H27NO2. The number of benzene rings is 1. The Morgan fingerprint density at radius 3 is 2.86 bits per heavy atom. The van der Waals surface area contributed by atoms with Crippen LogP contribution in [0.15, 0.2) is 30.3 Å². The summed E-state index contributed by atoms with van der Waals surface area (Å²) in [5, 5.41) is 0. The number of likely N-dealkylation sites (tertiary alicyclic amines) is 1. The van der Waals surface area contributed by atoms with E-state index in [2.05, 4.69) is 42.2 Å². The van der Waals surface area contributed by atoms with Crippen LogP contribution in [0, 0.1) is 5.92 Å². The van der Waals surface area contributed by atoms with E-state index in [1.807, 2.05) is 6.92 Å². The van der Waals surface area contributed by atoms with Gasteiger partial charge >= 0.3 is 5.97 Å². The van der Waals surface area contributed by atoms with E-state index in [0.717, 1.165) is 38.9 Å². The van der Waals surface area contributed by atoms with Crippen molar-refractivity contribution in [3.05, 3.63) is 35.9 Å². The number of carbonyl (C=O) groups excluding carboxylic acids is 1. The third-order valence-corrected chi connectivity index (χ3v) is 4.37. The molecule has 0 N–H and O–H groups in total. The van der Waals surface area contributed by atoms with Crippen molar-refractivity contribution in [3.63, 3.8) is 0 Å². The van der Waals surface area contributed by atoms with Gasteiger partial charge in [-0.1, -0.05) is 37.3 Å². The molecule has 1 aliphatic heterocycles. The van der Waals surface area contributed by atoms with E-state index in [9.17, 15) is 4.79 Å². The van der Waals surface area contributed by atoms with Crippen LogP contribution in [0.1, 0.15) is 44.6 Å². The average Bonchev–Trinajstić information content (AvgIpc) is 2.54. The summed E-state index contributed by atoms with van der Waals surface area (Å²) in [5.41, 5.74) is 1.40. The number of esters is 1. The SMILES string of the molecule is CCOC(=O)[C@@H]1CCCN(CC[C@H](C)c2ccccc2)C1. The van der Waals surface area contributed by atoms with E-state index in [0.29, 0.717) is 12.5 Å². The van der Waals surface area contributed by atoms with Crippen molar-refractivity contribution in [1.82, 2.24) is 4.90 Å². The van der Waals surface area contributed by atoms with E-state index in [4.69, 9.17) is 4.74 Å². The second-order valence-corrected chi connectivity index (χ2v) is 5.99. The van der Waals surface area contributed by atoms with E-state index in [-0.39, 0.29) is 11.9 Å². The molecule has 0 saturated carbocycles. The zero-order chi connectivity index (χ0) is 15.1. The maximum Gasteiger partial charge on any atom is 0.310 e. The molecule has 0 spiro atoms. The molecule has 2 rings (SSSR count). The first-order valence-corrected chi connectivity index (χ1v) is 8.14. The molecule has 1 heterocycles. The van der Waals surface area contributed by atoms with E-state index < -0.39 is 0 Å². The van der Waals surface area contributed by atoms with Gasteiger partial charge in [0.05, 0.1) is 12.5 Å².